The molecule has 0 unspecified atom stereocenters. The third-order valence-electron chi connectivity index (χ3n) is 2.15. The second-order valence-electron chi connectivity index (χ2n) is 3.42. The minimum Gasteiger partial charge on any atom is -0.433 e. The van der Waals surface area contributed by atoms with Crippen LogP contribution in [-0.2, 0) is 0 Å². The van der Waals surface area contributed by atoms with E-state index in [1.807, 2.05) is 6.92 Å². The van der Waals surface area contributed by atoms with Gasteiger partial charge in [0.15, 0.2) is 11.6 Å². The summed E-state index contributed by atoms with van der Waals surface area (Å²) in [7, 11) is 0. The number of hydrogen-bond donors (Lipinski definition) is 0. The molecular formula is C12H8BrF2NO. The Hall–Kier alpha value is -1.49. The van der Waals surface area contributed by atoms with Crippen molar-refractivity contribution in [3.8, 4) is 11.6 Å². The van der Waals surface area contributed by atoms with Crippen molar-refractivity contribution >= 4 is 15.9 Å². The molecule has 0 atom stereocenters. The van der Waals surface area contributed by atoms with Gasteiger partial charge in [0, 0.05) is 16.7 Å². The molecule has 0 spiro atoms. The monoisotopic (exact) mass is 299 g/mol. The molecule has 2 aromatic rings. The van der Waals surface area contributed by atoms with E-state index in [9.17, 15) is 8.78 Å². The van der Waals surface area contributed by atoms with Crippen LogP contribution in [0.4, 0.5) is 8.78 Å². The molecule has 0 saturated heterocycles. The molecule has 0 aliphatic heterocycles. The molecule has 0 radical (unpaired) electrons. The van der Waals surface area contributed by atoms with E-state index >= 15 is 0 Å². The van der Waals surface area contributed by atoms with Crippen LogP contribution in [0.1, 0.15) is 5.56 Å². The Morgan fingerprint density at radius 3 is 2.47 bits per heavy atom. The van der Waals surface area contributed by atoms with Crippen molar-refractivity contribution in [3.05, 3.63) is 52.1 Å². The fourth-order valence-electron chi connectivity index (χ4n) is 1.25. The molecule has 0 aliphatic rings. The van der Waals surface area contributed by atoms with Crippen LogP contribution in [0.5, 0.6) is 11.6 Å². The summed E-state index contributed by atoms with van der Waals surface area (Å²) in [6, 6.07) is 5.13. The molecule has 0 bridgehead atoms. The average molecular weight is 300 g/mol. The van der Waals surface area contributed by atoms with E-state index in [1.165, 1.54) is 12.3 Å². The highest BCUT2D eigenvalue weighted by atomic mass is 79.9. The Morgan fingerprint density at radius 2 is 1.88 bits per heavy atom. The van der Waals surface area contributed by atoms with Crippen LogP contribution in [0.3, 0.4) is 0 Å². The summed E-state index contributed by atoms with van der Waals surface area (Å²) < 4.78 is 32.5. The number of para-hydroxylation sites is 1. The molecule has 0 fully saturated rings. The predicted octanol–water partition coefficient (Wildman–Crippen LogP) is 4.22. The van der Waals surface area contributed by atoms with Gasteiger partial charge in [-0.2, -0.15) is 0 Å². The van der Waals surface area contributed by atoms with Crippen molar-refractivity contribution < 1.29 is 13.5 Å². The van der Waals surface area contributed by atoms with Gasteiger partial charge in [-0.25, -0.2) is 13.8 Å². The van der Waals surface area contributed by atoms with Gasteiger partial charge in [-0.3, -0.25) is 0 Å². The number of hydrogen-bond acceptors (Lipinski definition) is 2. The van der Waals surface area contributed by atoms with Crippen molar-refractivity contribution in [2.24, 2.45) is 0 Å². The normalized spacial score (nSPS) is 10.4. The highest BCUT2D eigenvalue weighted by molar-refractivity contribution is 9.10. The largest absolute Gasteiger partial charge is 0.433 e. The van der Waals surface area contributed by atoms with Gasteiger partial charge in [0.05, 0.1) is 0 Å². The van der Waals surface area contributed by atoms with Crippen LogP contribution >= 0.6 is 15.9 Å². The van der Waals surface area contributed by atoms with Gasteiger partial charge in [0.25, 0.3) is 0 Å². The lowest BCUT2D eigenvalue weighted by Crippen LogP contribution is -1.94. The highest BCUT2D eigenvalue weighted by Crippen LogP contribution is 2.27. The molecule has 5 heteroatoms. The van der Waals surface area contributed by atoms with E-state index in [4.69, 9.17) is 4.74 Å². The van der Waals surface area contributed by atoms with Crippen molar-refractivity contribution in [2.75, 3.05) is 0 Å². The maximum absolute atomic E-state index is 13.3. The van der Waals surface area contributed by atoms with Crippen LogP contribution in [0, 0.1) is 18.6 Å². The standard InChI is InChI=1S/C12H8BrF2NO/c1-7-5-11(16-6-8(7)13)17-12-9(14)3-2-4-10(12)15/h2-6H,1H3. The molecular weight excluding hydrogens is 292 g/mol. The number of ether oxygens (including phenoxy) is 1. The Bertz CT molecular complexity index is 540. The van der Waals surface area contributed by atoms with Gasteiger partial charge in [0.2, 0.25) is 11.6 Å². The molecule has 2 rings (SSSR count). The van der Waals surface area contributed by atoms with Gasteiger partial charge in [-0.15, -0.1) is 0 Å². The Balaban J connectivity index is 2.35. The van der Waals surface area contributed by atoms with Gasteiger partial charge in [-0.05, 0) is 40.5 Å². The van der Waals surface area contributed by atoms with Crippen LogP contribution in [0.15, 0.2) is 34.9 Å². The topological polar surface area (TPSA) is 22.1 Å². The minimum atomic E-state index is -0.757. The fourth-order valence-corrected chi connectivity index (χ4v) is 1.47. The van der Waals surface area contributed by atoms with E-state index < -0.39 is 17.4 Å². The molecule has 2 nitrogen and oxygen atoms in total. The van der Waals surface area contributed by atoms with Gasteiger partial charge in [-0.1, -0.05) is 6.07 Å². The summed E-state index contributed by atoms with van der Waals surface area (Å²) in [4.78, 5) is 3.91. The maximum atomic E-state index is 13.3. The number of pyridine rings is 1. The number of halogens is 3. The first-order valence-electron chi connectivity index (χ1n) is 4.82. The molecule has 1 aromatic carbocycles. The second-order valence-corrected chi connectivity index (χ2v) is 4.28. The quantitative estimate of drug-likeness (QED) is 0.828. The Morgan fingerprint density at radius 1 is 1.24 bits per heavy atom. The molecule has 0 aliphatic carbocycles. The van der Waals surface area contributed by atoms with Gasteiger partial charge >= 0.3 is 0 Å². The molecule has 88 valence electrons. The smallest absolute Gasteiger partial charge is 0.219 e. The zero-order valence-corrected chi connectivity index (χ0v) is 10.5. The summed E-state index contributed by atoms with van der Waals surface area (Å²) in [6.45, 7) is 1.83. The summed E-state index contributed by atoms with van der Waals surface area (Å²) >= 11 is 3.28. The molecule has 1 aromatic heterocycles. The lowest BCUT2D eigenvalue weighted by molar-refractivity contribution is 0.395. The Labute approximate surface area is 105 Å². The fraction of sp³-hybridized carbons (Fsp3) is 0.0833. The SMILES string of the molecule is Cc1cc(Oc2c(F)cccc2F)ncc1Br. The van der Waals surface area contributed by atoms with E-state index in [0.717, 1.165) is 22.2 Å². The summed E-state index contributed by atoms with van der Waals surface area (Å²) in [5.41, 5.74) is 0.867. The van der Waals surface area contributed by atoms with Crippen LogP contribution in [-0.4, -0.2) is 4.98 Å². The molecule has 1 heterocycles. The lowest BCUT2D eigenvalue weighted by Gasteiger charge is -2.07. The zero-order valence-electron chi connectivity index (χ0n) is 8.88. The van der Waals surface area contributed by atoms with E-state index in [-0.39, 0.29) is 5.88 Å². The predicted molar refractivity (Wildman–Crippen MR) is 63.1 cm³/mol. The number of aromatic nitrogens is 1. The molecule has 17 heavy (non-hydrogen) atoms. The van der Waals surface area contributed by atoms with E-state index in [0.29, 0.717) is 0 Å². The summed E-state index contributed by atoms with van der Waals surface area (Å²) in [5, 5.41) is 0. The maximum Gasteiger partial charge on any atom is 0.219 e. The first kappa shape index (κ1) is 12.0. The average Bonchev–Trinajstić information content (AvgIpc) is 2.28. The van der Waals surface area contributed by atoms with Crippen molar-refractivity contribution in [3.63, 3.8) is 0 Å². The summed E-state index contributed by atoms with van der Waals surface area (Å²) in [6.07, 6.45) is 1.52. The number of benzene rings is 1. The first-order valence-corrected chi connectivity index (χ1v) is 5.61. The number of nitrogens with zero attached hydrogens (tertiary/aromatic N) is 1. The molecule has 0 N–H and O–H groups in total. The first-order chi connectivity index (χ1) is 8.08. The molecule has 0 saturated carbocycles. The zero-order chi connectivity index (χ0) is 12.4. The van der Waals surface area contributed by atoms with Crippen molar-refractivity contribution in [1.29, 1.82) is 0 Å². The Kier molecular flexibility index (Phi) is 3.38. The van der Waals surface area contributed by atoms with Gasteiger partial charge < -0.3 is 4.74 Å². The highest BCUT2D eigenvalue weighted by Gasteiger charge is 2.11. The van der Waals surface area contributed by atoms with Crippen LogP contribution in [0.2, 0.25) is 0 Å². The lowest BCUT2D eigenvalue weighted by atomic mass is 10.3. The number of rotatable bonds is 2. The minimum absolute atomic E-state index is 0.148. The van der Waals surface area contributed by atoms with Crippen molar-refractivity contribution in [1.82, 2.24) is 4.98 Å². The van der Waals surface area contributed by atoms with Crippen LogP contribution in [0.25, 0.3) is 0 Å². The second kappa shape index (κ2) is 4.79. The molecule has 0 amide bonds. The van der Waals surface area contributed by atoms with E-state index in [1.54, 1.807) is 6.07 Å². The number of aryl methyl sites for hydroxylation is 1. The van der Waals surface area contributed by atoms with E-state index in [2.05, 4.69) is 20.9 Å². The van der Waals surface area contributed by atoms with Gasteiger partial charge in [0.1, 0.15) is 0 Å². The third-order valence-corrected chi connectivity index (χ3v) is 2.98. The van der Waals surface area contributed by atoms with Crippen molar-refractivity contribution in [2.45, 2.75) is 6.92 Å². The summed E-state index contributed by atoms with van der Waals surface area (Å²) in [5.74, 6) is -1.81. The van der Waals surface area contributed by atoms with Crippen LogP contribution < -0.4 is 4.74 Å². The third kappa shape index (κ3) is 2.61.